The van der Waals surface area contributed by atoms with E-state index in [-0.39, 0.29) is 12.1 Å². The molecule has 3 rings (SSSR count). The molecular weight excluding hydrogens is 339 g/mol. The number of benzene rings is 1. The minimum atomic E-state index is -4.92. The second-order valence-electron chi connectivity index (χ2n) is 6.61. The first kappa shape index (κ1) is 17.6. The van der Waals surface area contributed by atoms with E-state index in [0.29, 0.717) is 18.3 Å². The Kier molecular flexibility index (Phi) is 4.38. The fourth-order valence-electron chi connectivity index (χ4n) is 2.94. The number of hydrogen-bond acceptors (Lipinski definition) is 3. The van der Waals surface area contributed by atoms with E-state index in [1.165, 1.54) is 6.07 Å². The maximum absolute atomic E-state index is 13.3. The molecule has 5 nitrogen and oxygen atoms in total. The van der Waals surface area contributed by atoms with Gasteiger partial charge >= 0.3 is 12.1 Å². The summed E-state index contributed by atoms with van der Waals surface area (Å²) in [5.74, 6) is -1.81. The third-order valence-electron chi connectivity index (χ3n) is 4.80. The largest absolute Gasteiger partial charge is 0.492 e. The molecule has 1 unspecified atom stereocenters. The number of likely N-dealkylation sites (tertiary alicyclic amines) is 1. The Bertz CT molecular complexity index is 687. The number of amides is 1. The number of para-hydroxylation sites is 1. The third kappa shape index (κ3) is 3.29. The summed E-state index contributed by atoms with van der Waals surface area (Å²) in [5, 5.41) is 9.09. The number of ether oxygens (including phenoxy) is 1. The van der Waals surface area contributed by atoms with Crippen LogP contribution in [0, 0.1) is 11.3 Å². The number of rotatable bonds is 5. The highest BCUT2D eigenvalue weighted by atomic mass is 19.4. The summed E-state index contributed by atoms with van der Waals surface area (Å²) in [7, 11) is 0. The van der Waals surface area contributed by atoms with E-state index in [1.54, 1.807) is 18.2 Å². The Morgan fingerprint density at radius 2 is 1.96 bits per heavy atom. The van der Waals surface area contributed by atoms with Crippen molar-refractivity contribution in [3.63, 3.8) is 0 Å². The highest BCUT2D eigenvalue weighted by molar-refractivity contribution is 5.97. The predicted octanol–water partition coefficient (Wildman–Crippen LogP) is 2.95. The van der Waals surface area contributed by atoms with Crippen LogP contribution < -0.4 is 4.74 Å². The fraction of sp³-hybridized carbons (Fsp3) is 0.529. The lowest BCUT2D eigenvalue weighted by molar-refractivity contribution is -0.227. The summed E-state index contributed by atoms with van der Waals surface area (Å²) < 4.78 is 45.4. The number of carboxylic acids is 1. The van der Waals surface area contributed by atoms with Gasteiger partial charge in [-0.1, -0.05) is 12.1 Å². The Hall–Kier alpha value is -2.25. The van der Waals surface area contributed by atoms with Gasteiger partial charge in [0, 0.05) is 13.1 Å². The topological polar surface area (TPSA) is 66.8 Å². The summed E-state index contributed by atoms with van der Waals surface area (Å²) >= 11 is 0. The molecule has 1 N–H and O–H groups in total. The molecular formula is C17H18F3NO4. The first-order valence-corrected chi connectivity index (χ1v) is 8.06. The van der Waals surface area contributed by atoms with Crippen LogP contribution in [0.5, 0.6) is 5.75 Å². The van der Waals surface area contributed by atoms with Gasteiger partial charge in [-0.2, -0.15) is 13.2 Å². The van der Waals surface area contributed by atoms with Gasteiger partial charge in [0.1, 0.15) is 5.75 Å². The molecule has 1 saturated heterocycles. The highest BCUT2D eigenvalue weighted by Crippen LogP contribution is 2.46. The van der Waals surface area contributed by atoms with E-state index in [9.17, 15) is 22.8 Å². The Morgan fingerprint density at radius 3 is 2.52 bits per heavy atom. The quantitative estimate of drug-likeness (QED) is 0.880. The number of carboxylic acid groups (broad SMARTS) is 1. The average molecular weight is 357 g/mol. The van der Waals surface area contributed by atoms with Crippen LogP contribution in [-0.4, -0.2) is 47.8 Å². The van der Waals surface area contributed by atoms with Crippen molar-refractivity contribution in [2.75, 3.05) is 19.7 Å². The number of hydrogen-bond donors (Lipinski definition) is 1. The molecule has 0 bridgehead atoms. The van der Waals surface area contributed by atoms with E-state index in [4.69, 9.17) is 9.84 Å². The Balaban J connectivity index is 1.79. The molecule has 1 aromatic carbocycles. The van der Waals surface area contributed by atoms with E-state index >= 15 is 0 Å². The lowest BCUT2D eigenvalue weighted by atomic mass is 9.86. The minimum Gasteiger partial charge on any atom is -0.492 e. The summed E-state index contributed by atoms with van der Waals surface area (Å²) in [6, 6.07) is 6.36. The van der Waals surface area contributed by atoms with Gasteiger partial charge in [-0.3, -0.25) is 9.59 Å². The molecule has 1 aliphatic heterocycles. The van der Waals surface area contributed by atoms with E-state index in [0.717, 1.165) is 17.7 Å². The molecule has 1 heterocycles. The molecule has 0 radical (unpaired) electrons. The molecule has 25 heavy (non-hydrogen) atoms. The van der Waals surface area contributed by atoms with Crippen LogP contribution >= 0.6 is 0 Å². The summed E-state index contributed by atoms with van der Waals surface area (Å²) in [4.78, 5) is 24.8. The number of nitrogens with zero attached hydrogens (tertiary/aromatic N) is 1. The van der Waals surface area contributed by atoms with Crippen molar-refractivity contribution in [1.29, 1.82) is 0 Å². The second kappa shape index (κ2) is 6.24. The number of alkyl halides is 3. The third-order valence-corrected chi connectivity index (χ3v) is 4.80. The van der Waals surface area contributed by atoms with Crippen LogP contribution in [0.2, 0.25) is 0 Å². The van der Waals surface area contributed by atoms with Crippen molar-refractivity contribution in [3.05, 3.63) is 29.8 Å². The first-order valence-electron chi connectivity index (χ1n) is 8.06. The van der Waals surface area contributed by atoms with Gasteiger partial charge in [0.2, 0.25) is 0 Å². The fourth-order valence-corrected chi connectivity index (χ4v) is 2.94. The van der Waals surface area contributed by atoms with Gasteiger partial charge in [-0.25, -0.2) is 0 Å². The molecule has 1 aliphatic carbocycles. The van der Waals surface area contributed by atoms with Crippen LogP contribution in [0.15, 0.2) is 24.3 Å². The van der Waals surface area contributed by atoms with E-state index in [2.05, 4.69) is 0 Å². The summed E-state index contributed by atoms with van der Waals surface area (Å²) in [6.45, 7) is -0.685. The number of carbonyl (C=O) groups excluding carboxylic acids is 1. The number of halogens is 3. The van der Waals surface area contributed by atoms with Gasteiger partial charge in [-0.05, 0) is 37.3 Å². The Labute approximate surface area is 142 Å². The number of aliphatic carboxylic acids is 1. The molecule has 1 amide bonds. The van der Waals surface area contributed by atoms with Gasteiger partial charge in [0.15, 0.2) is 5.41 Å². The van der Waals surface area contributed by atoms with Gasteiger partial charge < -0.3 is 14.7 Å². The van der Waals surface area contributed by atoms with Gasteiger partial charge in [0.05, 0.1) is 12.2 Å². The van der Waals surface area contributed by atoms with E-state index in [1.807, 2.05) is 0 Å². The van der Waals surface area contributed by atoms with Gasteiger partial charge in [0.25, 0.3) is 5.91 Å². The standard InChI is InChI=1S/C17H18F3NO4/c18-17(19,20)16(15(23)24)7-8-21(10-16)14(22)12-3-1-2-4-13(12)25-9-11-5-6-11/h1-4,11H,5-10H2,(H,23,24). The van der Waals surface area contributed by atoms with Crippen molar-refractivity contribution < 1.29 is 32.6 Å². The van der Waals surface area contributed by atoms with Crippen molar-refractivity contribution in [3.8, 4) is 5.75 Å². The van der Waals surface area contributed by atoms with Crippen LogP contribution in [-0.2, 0) is 4.79 Å². The zero-order valence-electron chi connectivity index (χ0n) is 13.4. The molecule has 8 heteroatoms. The van der Waals surface area contributed by atoms with Crippen molar-refractivity contribution >= 4 is 11.9 Å². The second-order valence-corrected chi connectivity index (χ2v) is 6.61. The zero-order chi connectivity index (χ0) is 18.2. The maximum atomic E-state index is 13.3. The highest BCUT2D eigenvalue weighted by Gasteiger charge is 2.64. The molecule has 1 atom stereocenters. The van der Waals surface area contributed by atoms with Crippen LogP contribution in [0.3, 0.4) is 0 Å². The average Bonchev–Trinajstić information content (AvgIpc) is 3.26. The molecule has 1 saturated carbocycles. The van der Waals surface area contributed by atoms with Crippen molar-refractivity contribution in [2.24, 2.45) is 11.3 Å². The van der Waals surface area contributed by atoms with Crippen LogP contribution in [0.4, 0.5) is 13.2 Å². The Morgan fingerprint density at radius 1 is 1.28 bits per heavy atom. The molecule has 0 aromatic heterocycles. The first-order chi connectivity index (χ1) is 11.7. The maximum Gasteiger partial charge on any atom is 0.406 e. The summed E-state index contributed by atoms with van der Waals surface area (Å²) in [5.41, 5.74) is -2.75. The predicted molar refractivity (Wildman–Crippen MR) is 81.3 cm³/mol. The van der Waals surface area contributed by atoms with E-state index < -0.39 is 36.4 Å². The van der Waals surface area contributed by atoms with Crippen LogP contribution in [0.25, 0.3) is 0 Å². The SMILES string of the molecule is O=C(c1ccccc1OCC1CC1)N1CCC(C(=O)O)(C(F)(F)F)C1. The minimum absolute atomic E-state index is 0.159. The molecule has 2 fully saturated rings. The monoisotopic (exact) mass is 357 g/mol. The van der Waals surface area contributed by atoms with Crippen molar-refractivity contribution in [2.45, 2.75) is 25.4 Å². The molecule has 1 aromatic rings. The zero-order valence-corrected chi connectivity index (χ0v) is 13.4. The summed E-state index contributed by atoms with van der Waals surface area (Å²) in [6.07, 6.45) is -3.44. The molecule has 136 valence electrons. The smallest absolute Gasteiger partial charge is 0.406 e. The van der Waals surface area contributed by atoms with Gasteiger partial charge in [-0.15, -0.1) is 0 Å². The number of carbonyl (C=O) groups is 2. The van der Waals surface area contributed by atoms with Crippen LogP contribution in [0.1, 0.15) is 29.6 Å². The lowest BCUT2D eigenvalue weighted by Gasteiger charge is -2.27. The molecule has 0 spiro atoms. The lowest BCUT2D eigenvalue weighted by Crippen LogP contribution is -2.47. The normalized spacial score (nSPS) is 23.6. The molecule has 2 aliphatic rings. The van der Waals surface area contributed by atoms with Crippen molar-refractivity contribution in [1.82, 2.24) is 4.90 Å².